The highest BCUT2D eigenvalue weighted by Crippen LogP contribution is 2.10. The molecule has 0 spiro atoms. The van der Waals surface area contributed by atoms with Crippen LogP contribution in [-0.4, -0.2) is 12.4 Å². The van der Waals surface area contributed by atoms with Crippen LogP contribution in [0.1, 0.15) is 32.6 Å². The zero-order valence-electron chi connectivity index (χ0n) is 15.9. The van der Waals surface area contributed by atoms with Crippen LogP contribution in [0.15, 0.2) is 91.5 Å². The molecule has 2 heteroatoms. The van der Waals surface area contributed by atoms with Gasteiger partial charge in [0, 0.05) is 5.56 Å². The average molecular weight is 368 g/mol. The van der Waals surface area contributed by atoms with E-state index in [0.717, 1.165) is 23.1 Å². The molecule has 3 aromatic rings. The molecule has 0 bridgehead atoms. The Balaban J connectivity index is 1.44. The number of carbonyl (C=O) groups is 1. The van der Waals surface area contributed by atoms with Gasteiger partial charge in [-0.15, -0.1) is 0 Å². The molecule has 28 heavy (non-hydrogen) atoms. The van der Waals surface area contributed by atoms with Crippen molar-refractivity contribution in [2.75, 3.05) is 6.61 Å². The Hall–Kier alpha value is -3.23. The highest BCUT2D eigenvalue weighted by molar-refractivity contribution is 6.06. The Bertz CT molecular complexity index is 920. The van der Waals surface area contributed by atoms with E-state index in [1.54, 1.807) is 6.08 Å². The molecule has 3 rings (SSSR count). The maximum absolute atomic E-state index is 12.1. The summed E-state index contributed by atoms with van der Waals surface area (Å²) < 4.78 is 5.77. The van der Waals surface area contributed by atoms with E-state index in [4.69, 9.17) is 4.74 Å². The smallest absolute Gasteiger partial charge is 0.185 e. The Morgan fingerprint density at radius 3 is 2.14 bits per heavy atom. The molecule has 0 atom stereocenters. The van der Waals surface area contributed by atoms with Gasteiger partial charge in [-0.3, -0.25) is 4.79 Å². The lowest BCUT2D eigenvalue weighted by molar-refractivity contribution is 0.104. The van der Waals surface area contributed by atoms with Crippen LogP contribution in [0.25, 0.3) is 12.2 Å². The summed E-state index contributed by atoms with van der Waals surface area (Å²) in [5, 5.41) is 0. The minimum absolute atomic E-state index is 0.0131. The SMILES string of the molecule is C=Cc1ccc(COCCc2ccc(C=CC(=O)c3ccccc3)cc2)cc1. The van der Waals surface area contributed by atoms with Crippen molar-refractivity contribution >= 4 is 17.9 Å². The Labute approximate surface area is 166 Å². The number of hydrogen-bond acceptors (Lipinski definition) is 2. The van der Waals surface area contributed by atoms with Crippen LogP contribution < -0.4 is 0 Å². The van der Waals surface area contributed by atoms with Crippen molar-refractivity contribution in [2.45, 2.75) is 13.0 Å². The van der Waals surface area contributed by atoms with Gasteiger partial charge in [-0.05, 0) is 34.8 Å². The quantitative estimate of drug-likeness (QED) is 0.264. The van der Waals surface area contributed by atoms with E-state index < -0.39 is 0 Å². The van der Waals surface area contributed by atoms with E-state index in [2.05, 4.69) is 30.8 Å². The molecule has 0 aromatic heterocycles. The zero-order chi connectivity index (χ0) is 19.6. The monoisotopic (exact) mass is 368 g/mol. The maximum Gasteiger partial charge on any atom is 0.185 e. The largest absolute Gasteiger partial charge is 0.376 e. The minimum atomic E-state index is 0.0131. The molecule has 140 valence electrons. The molecule has 0 unspecified atom stereocenters. The minimum Gasteiger partial charge on any atom is -0.376 e. The molecule has 0 aliphatic heterocycles. The molecule has 0 saturated carbocycles. The average Bonchev–Trinajstić information content (AvgIpc) is 2.77. The van der Waals surface area contributed by atoms with Gasteiger partial charge >= 0.3 is 0 Å². The third-order valence-corrected chi connectivity index (χ3v) is 4.48. The summed E-state index contributed by atoms with van der Waals surface area (Å²) in [6.07, 6.45) is 6.16. The van der Waals surface area contributed by atoms with Crippen LogP contribution in [0.3, 0.4) is 0 Å². The van der Waals surface area contributed by atoms with Crippen molar-refractivity contribution in [3.05, 3.63) is 119 Å². The van der Waals surface area contributed by atoms with E-state index in [0.29, 0.717) is 18.8 Å². The fourth-order valence-corrected chi connectivity index (χ4v) is 2.80. The topological polar surface area (TPSA) is 26.3 Å². The van der Waals surface area contributed by atoms with Gasteiger partial charge in [-0.25, -0.2) is 0 Å². The molecule has 2 nitrogen and oxygen atoms in total. The Morgan fingerprint density at radius 2 is 1.46 bits per heavy atom. The molecule has 0 fully saturated rings. The number of benzene rings is 3. The van der Waals surface area contributed by atoms with Crippen molar-refractivity contribution in [1.82, 2.24) is 0 Å². The first-order chi connectivity index (χ1) is 13.7. The second-order valence-electron chi connectivity index (χ2n) is 6.55. The van der Waals surface area contributed by atoms with Crippen LogP contribution in [0, 0.1) is 0 Å². The molecule has 0 heterocycles. The van der Waals surface area contributed by atoms with Crippen LogP contribution in [-0.2, 0) is 17.8 Å². The number of allylic oxidation sites excluding steroid dienone is 1. The van der Waals surface area contributed by atoms with Gasteiger partial charge in [0.25, 0.3) is 0 Å². The highest BCUT2D eigenvalue weighted by Gasteiger charge is 2.00. The van der Waals surface area contributed by atoms with Crippen molar-refractivity contribution in [3.63, 3.8) is 0 Å². The summed E-state index contributed by atoms with van der Waals surface area (Å²) >= 11 is 0. The van der Waals surface area contributed by atoms with Gasteiger partial charge in [-0.2, -0.15) is 0 Å². The van der Waals surface area contributed by atoms with Gasteiger partial charge in [0.05, 0.1) is 13.2 Å². The maximum atomic E-state index is 12.1. The van der Waals surface area contributed by atoms with Crippen LogP contribution in [0.2, 0.25) is 0 Å². The lowest BCUT2D eigenvalue weighted by atomic mass is 10.1. The van der Waals surface area contributed by atoms with Crippen LogP contribution in [0.5, 0.6) is 0 Å². The molecule has 0 aliphatic rings. The van der Waals surface area contributed by atoms with E-state index in [1.165, 1.54) is 5.56 Å². The van der Waals surface area contributed by atoms with E-state index in [1.807, 2.05) is 66.7 Å². The number of rotatable bonds is 9. The first kappa shape index (κ1) is 19.5. The summed E-state index contributed by atoms with van der Waals surface area (Å²) in [6.45, 7) is 5.04. The fraction of sp³-hybridized carbons (Fsp3) is 0.115. The molecular formula is C26H24O2. The van der Waals surface area contributed by atoms with Gasteiger partial charge in [0.1, 0.15) is 0 Å². The molecule has 0 N–H and O–H groups in total. The number of ether oxygens (including phenoxy) is 1. The number of ketones is 1. The Morgan fingerprint density at radius 1 is 0.821 bits per heavy atom. The highest BCUT2D eigenvalue weighted by atomic mass is 16.5. The van der Waals surface area contributed by atoms with E-state index >= 15 is 0 Å². The van der Waals surface area contributed by atoms with Crippen molar-refractivity contribution < 1.29 is 9.53 Å². The third kappa shape index (κ3) is 5.90. The van der Waals surface area contributed by atoms with Gasteiger partial charge < -0.3 is 4.74 Å². The van der Waals surface area contributed by atoms with Crippen molar-refractivity contribution in [3.8, 4) is 0 Å². The second-order valence-corrected chi connectivity index (χ2v) is 6.55. The molecule has 0 saturated heterocycles. The fourth-order valence-electron chi connectivity index (χ4n) is 2.80. The lowest BCUT2D eigenvalue weighted by Crippen LogP contribution is -1.99. The summed E-state index contributed by atoms with van der Waals surface area (Å²) in [5.74, 6) is 0.0131. The van der Waals surface area contributed by atoms with Crippen LogP contribution in [0.4, 0.5) is 0 Å². The zero-order valence-corrected chi connectivity index (χ0v) is 15.9. The Kier molecular flexibility index (Phi) is 7.11. The van der Waals surface area contributed by atoms with E-state index in [9.17, 15) is 4.79 Å². The molecular weight excluding hydrogens is 344 g/mol. The second kappa shape index (κ2) is 10.2. The lowest BCUT2D eigenvalue weighted by Gasteiger charge is -2.06. The van der Waals surface area contributed by atoms with E-state index in [-0.39, 0.29) is 5.78 Å². The van der Waals surface area contributed by atoms with Gasteiger partial charge in [0.15, 0.2) is 5.78 Å². The molecule has 3 aromatic carbocycles. The number of carbonyl (C=O) groups excluding carboxylic acids is 1. The summed E-state index contributed by atoms with van der Waals surface area (Å²) in [5.41, 5.74) is 5.20. The first-order valence-electron chi connectivity index (χ1n) is 9.40. The summed E-state index contributed by atoms with van der Waals surface area (Å²) in [6, 6.07) is 25.7. The van der Waals surface area contributed by atoms with Gasteiger partial charge in [0.2, 0.25) is 0 Å². The molecule has 0 aliphatic carbocycles. The number of hydrogen-bond donors (Lipinski definition) is 0. The predicted molar refractivity (Wildman–Crippen MR) is 116 cm³/mol. The summed E-state index contributed by atoms with van der Waals surface area (Å²) in [7, 11) is 0. The standard InChI is InChI=1S/C26H24O2/c1-2-21-8-14-24(15-9-21)20-28-19-18-23-12-10-22(11-13-23)16-17-26(27)25-6-4-3-5-7-25/h2-17H,1,18-20H2. The first-order valence-corrected chi connectivity index (χ1v) is 9.40. The van der Waals surface area contributed by atoms with Gasteiger partial charge in [-0.1, -0.05) is 97.6 Å². The van der Waals surface area contributed by atoms with Crippen molar-refractivity contribution in [2.24, 2.45) is 0 Å². The molecule has 0 amide bonds. The summed E-state index contributed by atoms with van der Waals surface area (Å²) in [4.78, 5) is 12.1. The third-order valence-electron chi connectivity index (χ3n) is 4.48. The van der Waals surface area contributed by atoms with Crippen LogP contribution >= 0.6 is 0 Å². The van der Waals surface area contributed by atoms with Crippen molar-refractivity contribution in [1.29, 1.82) is 0 Å². The predicted octanol–water partition coefficient (Wildman–Crippen LogP) is 5.99. The normalized spacial score (nSPS) is 10.9. The molecule has 0 radical (unpaired) electrons.